The number of para-hydroxylation sites is 1. The summed E-state index contributed by atoms with van der Waals surface area (Å²) in [5, 5.41) is 0. The second-order valence-corrected chi connectivity index (χ2v) is 5.05. The van der Waals surface area contributed by atoms with Crippen LogP contribution in [0.3, 0.4) is 0 Å². The summed E-state index contributed by atoms with van der Waals surface area (Å²) < 4.78 is 11.6. The van der Waals surface area contributed by atoms with Crippen molar-refractivity contribution in [3.8, 4) is 0 Å². The Labute approximate surface area is 105 Å². The number of hydrogen-bond donors (Lipinski definition) is 1. The number of nitrogens with zero attached hydrogens (tertiary/aromatic N) is 2. The van der Waals surface area contributed by atoms with Gasteiger partial charge in [0.15, 0.2) is 5.58 Å². The summed E-state index contributed by atoms with van der Waals surface area (Å²) in [6, 6.07) is 6.30. The van der Waals surface area contributed by atoms with Crippen LogP contribution < -0.4 is 10.6 Å². The zero-order valence-corrected chi connectivity index (χ0v) is 10.0. The molecule has 94 valence electrons. The monoisotopic (exact) mass is 245 g/mol. The summed E-state index contributed by atoms with van der Waals surface area (Å²) >= 11 is 0. The Hall–Kier alpha value is -1.75. The highest BCUT2D eigenvalue weighted by Crippen LogP contribution is 2.31. The number of benzene rings is 1. The number of ether oxygens (including phenoxy) is 1. The molecule has 0 amide bonds. The minimum Gasteiger partial charge on any atom is -0.423 e. The van der Waals surface area contributed by atoms with Crippen molar-refractivity contribution in [1.29, 1.82) is 0 Å². The molecule has 2 bridgehead atoms. The average Bonchev–Trinajstić information content (AvgIpc) is 2.94. The van der Waals surface area contributed by atoms with E-state index in [1.165, 1.54) is 0 Å². The van der Waals surface area contributed by atoms with Crippen LogP contribution in [0, 0.1) is 0 Å². The van der Waals surface area contributed by atoms with Crippen molar-refractivity contribution in [2.45, 2.75) is 25.0 Å². The van der Waals surface area contributed by atoms with Gasteiger partial charge < -0.3 is 19.8 Å². The maximum Gasteiger partial charge on any atom is 0.298 e. The van der Waals surface area contributed by atoms with E-state index in [1.807, 2.05) is 18.2 Å². The largest absolute Gasteiger partial charge is 0.423 e. The smallest absolute Gasteiger partial charge is 0.298 e. The van der Waals surface area contributed by atoms with E-state index in [-0.39, 0.29) is 0 Å². The second-order valence-electron chi connectivity index (χ2n) is 5.05. The van der Waals surface area contributed by atoms with Crippen LogP contribution in [-0.4, -0.2) is 30.3 Å². The van der Waals surface area contributed by atoms with Crippen LogP contribution in [0.2, 0.25) is 0 Å². The molecule has 4 rings (SSSR count). The first-order valence-electron chi connectivity index (χ1n) is 6.35. The lowest BCUT2D eigenvalue weighted by atomic mass is 10.2. The molecule has 2 fully saturated rings. The number of hydrogen-bond acceptors (Lipinski definition) is 5. The highest BCUT2D eigenvalue weighted by atomic mass is 16.5. The Kier molecular flexibility index (Phi) is 2.05. The first kappa shape index (κ1) is 10.2. The maximum atomic E-state index is 5.90. The quantitative estimate of drug-likeness (QED) is 0.776. The van der Waals surface area contributed by atoms with E-state index in [1.54, 1.807) is 0 Å². The van der Waals surface area contributed by atoms with Crippen molar-refractivity contribution in [3.05, 3.63) is 18.2 Å². The molecule has 2 saturated heterocycles. The number of rotatable bonds is 1. The molecule has 0 spiro atoms. The number of nitrogen functional groups attached to an aromatic ring is 1. The minimum atomic E-state index is 0.330. The second kappa shape index (κ2) is 3.62. The lowest BCUT2D eigenvalue weighted by molar-refractivity contribution is 0.0289. The summed E-state index contributed by atoms with van der Waals surface area (Å²) in [4.78, 5) is 6.68. The molecule has 5 heteroatoms. The lowest BCUT2D eigenvalue weighted by Gasteiger charge is -2.30. The van der Waals surface area contributed by atoms with Gasteiger partial charge in [-0.2, -0.15) is 4.98 Å². The van der Waals surface area contributed by atoms with Crippen LogP contribution in [0.5, 0.6) is 0 Å². The van der Waals surface area contributed by atoms with Crippen molar-refractivity contribution in [2.24, 2.45) is 0 Å². The van der Waals surface area contributed by atoms with Crippen molar-refractivity contribution < 1.29 is 9.15 Å². The van der Waals surface area contributed by atoms with E-state index < -0.39 is 0 Å². The van der Waals surface area contributed by atoms with Gasteiger partial charge in [-0.3, -0.25) is 0 Å². The molecule has 2 aromatic rings. The fraction of sp³-hybridized carbons (Fsp3) is 0.462. The van der Waals surface area contributed by atoms with Crippen molar-refractivity contribution in [3.63, 3.8) is 0 Å². The molecule has 1 aromatic carbocycles. The summed E-state index contributed by atoms with van der Waals surface area (Å²) in [5.41, 5.74) is 8.08. The van der Waals surface area contributed by atoms with Crippen LogP contribution in [-0.2, 0) is 4.74 Å². The third-order valence-electron chi connectivity index (χ3n) is 3.75. The van der Waals surface area contributed by atoms with Crippen molar-refractivity contribution in [2.75, 3.05) is 23.7 Å². The highest BCUT2D eigenvalue weighted by molar-refractivity contribution is 5.86. The van der Waals surface area contributed by atoms with E-state index in [0.717, 1.165) is 37.0 Å². The third kappa shape index (κ3) is 1.47. The van der Waals surface area contributed by atoms with Crippen LogP contribution in [0.15, 0.2) is 22.6 Å². The van der Waals surface area contributed by atoms with Gasteiger partial charge in [0.2, 0.25) is 0 Å². The Balaban J connectivity index is 1.72. The molecule has 0 saturated carbocycles. The molecular formula is C13H15N3O2. The SMILES string of the molecule is Nc1cccc2oc(N3CC4CCC(C3)O4)nc12. The summed E-state index contributed by atoms with van der Waals surface area (Å²) in [7, 11) is 0. The molecule has 2 N–H and O–H groups in total. The fourth-order valence-electron chi connectivity index (χ4n) is 2.86. The summed E-state index contributed by atoms with van der Waals surface area (Å²) in [6.07, 6.45) is 2.94. The normalized spacial score (nSPS) is 27.0. The predicted octanol–water partition coefficient (Wildman–Crippen LogP) is 1.78. The Morgan fingerprint density at radius 1 is 1.22 bits per heavy atom. The van der Waals surface area contributed by atoms with Gasteiger partial charge >= 0.3 is 0 Å². The standard InChI is InChI=1S/C13H15N3O2/c14-10-2-1-3-11-12(10)15-13(18-11)16-6-8-4-5-9(7-16)17-8/h1-3,8-9H,4-7,14H2. The lowest BCUT2D eigenvalue weighted by Crippen LogP contribution is -2.42. The summed E-state index contributed by atoms with van der Waals surface area (Å²) in [5.74, 6) is 0. The molecule has 18 heavy (non-hydrogen) atoms. The molecule has 2 atom stereocenters. The molecule has 3 heterocycles. The molecule has 5 nitrogen and oxygen atoms in total. The highest BCUT2D eigenvalue weighted by Gasteiger charge is 2.35. The van der Waals surface area contributed by atoms with Gasteiger partial charge in [-0.25, -0.2) is 0 Å². The Morgan fingerprint density at radius 2 is 2.00 bits per heavy atom. The van der Waals surface area contributed by atoms with Crippen LogP contribution in [0.4, 0.5) is 11.7 Å². The molecular weight excluding hydrogens is 230 g/mol. The first-order chi connectivity index (χ1) is 8.79. The van der Waals surface area contributed by atoms with Gasteiger partial charge in [0, 0.05) is 13.1 Å². The maximum absolute atomic E-state index is 5.90. The number of aromatic nitrogens is 1. The van der Waals surface area contributed by atoms with Crippen molar-refractivity contribution >= 4 is 22.8 Å². The van der Waals surface area contributed by atoms with Gasteiger partial charge in [0.1, 0.15) is 5.52 Å². The molecule has 2 aliphatic rings. The number of oxazole rings is 1. The molecule has 0 aliphatic carbocycles. The van der Waals surface area contributed by atoms with E-state index >= 15 is 0 Å². The Bertz CT molecular complexity index is 583. The van der Waals surface area contributed by atoms with Gasteiger partial charge in [-0.15, -0.1) is 0 Å². The zero-order chi connectivity index (χ0) is 12.1. The van der Waals surface area contributed by atoms with E-state index in [9.17, 15) is 0 Å². The molecule has 2 aliphatic heterocycles. The van der Waals surface area contributed by atoms with Gasteiger partial charge in [-0.05, 0) is 25.0 Å². The van der Waals surface area contributed by atoms with Gasteiger partial charge in [0.05, 0.1) is 17.9 Å². The van der Waals surface area contributed by atoms with E-state index in [0.29, 0.717) is 23.9 Å². The topological polar surface area (TPSA) is 64.5 Å². The number of nitrogens with two attached hydrogens (primary N) is 1. The predicted molar refractivity (Wildman–Crippen MR) is 68.5 cm³/mol. The third-order valence-corrected chi connectivity index (χ3v) is 3.75. The van der Waals surface area contributed by atoms with E-state index in [4.69, 9.17) is 14.9 Å². The first-order valence-corrected chi connectivity index (χ1v) is 6.35. The number of anilines is 2. The zero-order valence-electron chi connectivity index (χ0n) is 10.0. The van der Waals surface area contributed by atoms with Gasteiger partial charge in [-0.1, -0.05) is 6.07 Å². The molecule has 1 aromatic heterocycles. The van der Waals surface area contributed by atoms with Crippen LogP contribution in [0.25, 0.3) is 11.1 Å². The molecule has 2 unspecified atom stereocenters. The molecule has 0 radical (unpaired) electrons. The van der Waals surface area contributed by atoms with E-state index in [2.05, 4.69) is 9.88 Å². The average molecular weight is 245 g/mol. The summed E-state index contributed by atoms with van der Waals surface area (Å²) in [6.45, 7) is 1.73. The minimum absolute atomic E-state index is 0.330. The number of fused-ring (bicyclic) bond motifs is 3. The fourth-order valence-corrected chi connectivity index (χ4v) is 2.86. The number of morpholine rings is 1. The van der Waals surface area contributed by atoms with Gasteiger partial charge in [0.25, 0.3) is 6.01 Å². The van der Waals surface area contributed by atoms with Crippen molar-refractivity contribution in [1.82, 2.24) is 4.98 Å². The Morgan fingerprint density at radius 3 is 2.72 bits per heavy atom. The van der Waals surface area contributed by atoms with Crippen LogP contribution >= 0.6 is 0 Å². The van der Waals surface area contributed by atoms with Crippen LogP contribution in [0.1, 0.15) is 12.8 Å².